The molecule has 0 aromatic rings. The van der Waals surface area contributed by atoms with Gasteiger partial charge in [0, 0.05) is 5.57 Å². The van der Waals surface area contributed by atoms with Gasteiger partial charge in [0.2, 0.25) is 0 Å². The molecule has 0 saturated carbocycles. The number of unbranched alkanes of at least 4 members (excludes halogenated alkanes) is 2. The van der Waals surface area contributed by atoms with Gasteiger partial charge in [-0.05, 0) is 25.2 Å². The molecule has 1 N–H and O–H groups in total. The number of hydrogen-bond acceptors (Lipinski definition) is 1. The van der Waals surface area contributed by atoms with Crippen LogP contribution in [-0.4, -0.2) is 11.1 Å². The number of carboxylic acid groups (broad SMARTS) is 1. The number of rotatable bonds is 10. The van der Waals surface area contributed by atoms with Gasteiger partial charge >= 0.3 is 5.97 Å². The largest absolute Gasteiger partial charge is 0.478 e. The van der Waals surface area contributed by atoms with Crippen LogP contribution in [0.25, 0.3) is 0 Å². The molecule has 0 fully saturated rings. The molecule has 0 aromatic carbocycles. The van der Waals surface area contributed by atoms with Gasteiger partial charge in [0.25, 0.3) is 0 Å². The molecule has 1 unspecified atom stereocenters. The van der Waals surface area contributed by atoms with E-state index in [-0.39, 0.29) is 0 Å². The molecule has 100 valence electrons. The lowest BCUT2D eigenvalue weighted by Crippen LogP contribution is -2.03. The quantitative estimate of drug-likeness (QED) is 0.557. The Kier molecular flexibility index (Phi) is 9.89. The fourth-order valence-corrected chi connectivity index (χ4v) is 1.95. The van der Waals surface area contributed by atoms with Crippen LogP contribution in [0.15, 0.2) is 11.6 Å². The third kappa shape index (κ3) is 8.00. The van der Waals surface area contributed by atoms with Gasteiger partial charge in [-0.1, -0.05) is 59.0 Å². The molecule has 0 aliphatic carbocycles. The molecule has 0 rings (SSSR count). The number of aliphatic carboxylic acids is 1. The third-order valence-corrected chi connectivity index (χ3v) is 3.32. The molecule has 0 aliphatic rings. The zero-order valence-electron chi connectivity index (χ0n) is 11.7. The zero-order chi connectivity index (χ0) is 13.1. The second-order valence-corrected chi connectivity index (χ2v) is 4.79. The summed E-state index contributed by atoms with van der Waals surface area (Å²) in [6.07, 6.45) is 10.5. The summed E-state index contributed by atoms with van der Waals surface area (Å²) in [5.74, 6) is -0.0743. The van der Waals surface area contributed by atoms with Gasteiger partial charge in [0.15, 0.2) is 0 Å². The van der Waals surface area contributed by atoms with Crippen LogP contribution in [0.4, 0.5) is 0 Å². The van der Waals surface area contributed by atoms with E-state index in [1.807, 2.05) is 6.08 Å². The van der Waals surface area contributed by atoms with Crippen molar-refractivity contribution in [3.63, 3.8) is 0 Å². The number of hydrogen-bond donors (Lipinski definition) is 1. The van der Waals surface area contributed by atoms with Gasteiger partial charge in [0.05, 0.1) is 0 Å². The summed E-state index contributed by atoms with van der Waals surface area (Å²) in [4.78, 5) is 11.1. The lowest BCUT2D eigenvalue weighted by molar-refractivity contribution is -0.132. The van der Waals surface area contributed by atoms with Crippen molar-refractivity contribution >= 4 is 5.97 Å². The van der Waals surface area contributed by atoms with Crippen LogP contribution in [0.5, 0.6) is 0 Å². The molecular weight excluding hydrogens is 212 g/mol. The third-order valence-electron chi connectivity index (χ3n) is 3.32. The molecular formula is C15H28O2. The molecule has 0 bridgehead atoms. The van der Waals surface area contributed by atoms with Crippen molar-refractivity contribution in [2.45, 2.75) is 72.1 Å². The lowest BCUT2D eigenvalue weighted by atomic mass is 9.94. The highest BCUT2D eigenvalue weighted by molar-refractivity contribution is 5.86. The summed E-state index contributed by atoms with van der Waals surface area (Å²) < 4.78 is 0. The molecule has 2 nitrogen and oxygen atoms in total. The molecule has 1 atom stereocenters. The summed E-state index contributed by atoms with van der Waals surface area (Å²) >= 11 is 0. The molecule has 2 heteroatoms. The molecule has 0 aliphatic heterocycles. The molecule has 0 saturated heterocycles. The summed E-state index contributed by atoms with van der Waals surface area (Å²) in [5, 5.41) is 9.09. The zero-order valence-corrected chi connectivity index (χ0v) is 11.7. The predicted molar refractivity (Wildman–Crippen MR) is 73.2 cm³/mol. The standard InChI is InChI=1S/C15H28O2/c1-4-7-9-13(6-3)11-12-14(15(16)17)10-8-5-2/h12-13H,4-11H2,1-3H3,(H,16,17). The minimum absolute atomic E-state index is 0.613. The van der Waals surface area contributed by atoms with Crippen molar-refractivity contribution < 1.29 is 9.90 Å². The van der Waals surface area contributed by atoms with Crippen molar-refractivity contribution in [3.8, 4) is 0 Å². The van der Waals surface area contributed by atoms with E-state index in [9.17, 15) is 4.79 Å². The first kappa shape index (κ1) is 16.2. The van der Waals surface area contributed by atoms with Crippen LogP contribution in [0.1, 0.15) is 72.1 Å². The summed E-state index contributed by atoms with van der Waals surface area (Å²) in [7, 11) is 0. The number of carboxylic acids is 1. The van der Waals surface area contributed by atoms with Crippen LogP contribution in [0.3, 0.4) is 0 Å². The molecule has 0 amide bonds. The van der Waals surface area contributed by atoms with Crippen molar-refractivity contribution in [1.82, 2.24) is 0 Å². The number of carbonyl (C=O) groups is 1. The first-order chi connectivity index (χ1) is 8.15. The minimum atomic E-state index is -0.733. The van der Waals surface area contributed by atoms with E-state index in [1.54, 1.807) is 0 Å². The molecule has 0 radical (unpaired) electrons. The van der Waals surface area contributed by atoms with E-state index in [2.05, 4.69) is 20.8 Å². The van der Waals surface area contributed by atoms with Gasteiger partial charge in [-0.15, -0.1) is 0 Å². The maximum atomic E-state index is 11.1. The van der Waals surface area contributed by atoms with Gasteiger partial charge in [0.1, 0.15) is 0 Å². The van der Waals surface area contributed by atoms with Crippen LogP contribution < -0.4 is 0 Å². The fraction of sp³-hybridized carbons (Fsp3) is 0.800. The van der Waals surface area contributed by atoms with E-state index >= 15 is 0 Å². The SMILES string of the molecule is CCCCC(=CCC(CC)CCCC)C(=O)O. The Bertz CT molecular complexity index is 231. The highest BCUT2D eigenvalue weighted by Gasteiger charge is 2.09. The topological polar surface area (TPSA) is 37.3 Å². The highest BCUT2D eigenvalue weighted by Crippen LogP contribution is 2.19. The van der Waals surface area contributed by atoms with Crippen molar-refractivity contribution in [2.24, 2.45) is 5.92 Å². The molecule has 0 heterocycles. The first-order valence-corrected chi connectivity index (χ1v) is 7.07. The Morgan fingerprint density at radius 1 is 1.18 bits per heavy atom. The molecule has 17 heavy (non-hydrogen) atoms. The van der Waals surface area contributed by atoms with E-state index in [4.69, 9.17) is 5.11 Å². The van der Waals surface area contributed by atoms with E-state index in [1.165, 1.54) is 19.3 Å². The second-order valence-electron chi connectivity index (χ2n) is 4.79. The Balaban J connectivity index is 4.23. The van der Waals surface area contributed by atoms with Gasteiger partial charge < -0.3 is 5.11 Å². The predicted octanol–water partition coefficient (Wildman–Crippen LogP) is 4.79. The first-order valence-electron chi connectivity index (χ1n) is 7.07. The van der Waals surface area contributed by atoms with Crippen LogP contribution in [0.2, 0.25) is 0 Å². The van der Waals surface area contributed by atoms with Crippen molar-refractivity contribution in [1.29, 1.82) is 0 Å². The fourth-order valence-electron chi connectivity index (χ4n) is 1.95. The van der Waals surface area contributed by atoms with E-state index < -0.39 is 5.97 Å². The van der Waals surface area contributed by atoms with Crippen LogP contribution in [-0.2, 0) is 4.79 Å². The monoisotopic (exact) mass is 240 g/mol. The van der Waals surface area contributed by atoms with Crippen molar-refractivity contribution in [2.75, 3.05) is 0 Å². The van der Waals surface area contributed by atoms with E-state index in [0.717, 1.165) is 32.1 Å². The Morgan fingerprint density at radius 2 is 1.82 bits per heavy atom. The summed E-state index contributed by atoms with van der Waals surface area (Å²) in [5.41, 5.74) is 0.613. The summed E-state index contributed by atoms with van der Waals surface area (Å²) in [6.45, 7) is 6.49. The average Bonchev–Trinajstić information content (AvgIpc) is 2.32. The van der Waals surface area contributed by atoms with E-state index in [0.29, 0.717) is 11.5 Å². The highest BCUT2D eigenvalue weighted by atomic mass is 16.4. The van der Waals surface area contributed by atoms with Gasteiger partial charge in [-0.2, -0.15) is 0 Å². The second kappa shape index (κ2) is 10.4. The maximum absolute atomic E-state index is 11.1. The van der Waals surface area contributed by atoms with Crippen LogP contribution >= 0.6 is 0 Å². The average molecular weight is 240 g/mol. The molecule has 0 aromatic heterocycles. The normalized spacial score (nSPS) is 13.7. The number of allylic oxidation sites excluding steroid dienone is 1. The summed E-state index contributed by atoms with van der Waals surface area (Å²) in [6, 6.07) is 0. The Hall–Kier alpha value is -0.790. The van der Waals surface area contributed by atoms with Gasteiger partial charge in [-0.25, -0.2) is 4.79 Å². The van der Waals surface area contributed by atoms with Gasteiger partial charge in [-0.3, -0.25) is 0 Å². The smallest absolute Gasteiger partial charge is 0.331 e. The Morgan fingerprint density at radius 3 is 2.29 bits per heavy atom. The lowest BCUT2D eigenvalue weighted by Gasteiger charge is -2.12. The molecule has 0 spiro atoms. The van der Waals surface area contributed by atoms with Crippen molar-refractivity contribution in [3.05, 3.63) is 11.6 Å². The minimum Gasteiger partial charge on any atom is -0.478 e. The van der Waals surface area contributed by atoms with Crippen LogP contribution in [0, 0.1) is 5.92 Å². The maximum Gasteiger partial charge on any atom is 0.331 e. The Labute approximate surface area is 106 Å².